The Balaban J connectivity index is 2.12. The average Bonchev–Trinajstić information content (AvgIpc) is 2.32. The average molecular weight is 249 g/mol. The summed E-state index contributed by atoms with van der Waals surface area (Å²) in [6.45, 7) is 2.66. The van der Waals surface area contributed by atoms with Gasteiger partial charge in [0, 0.05) is 18.9 Å². The van der Waals surface area contributed by atoms with Gasteiger partial charge in [0.25, 0.3) is 0 Å². The monoisotopic (exact) mass is 248 g/mol. The molecule has 2 aromatic rings. The number of aryl methyl sites for hydroxylation is 1. The van der Waals surface area contributed by atoms with E-state index in [-0.39, 0.29) is 0 Å². The van der Waals surface area contributed by atoms with Crippen LogP contribution in [-0.2, 0) is 6.54 Å². The zero-order valence-corrected chi connectivity index (χ0v) is 10.2. The zero-order chi connectivity index (χ0) is 12.3. The molecule has 0 bridgehead atoms. The summed E-state index contributed by atoms with van der Waals surface area (Å²) in [4.78, 5) is 8.21. The standard InChI is InChI=1S/C12H13ClN4/c1-8-4-5-15-6-9(8)7-16-12-10(14)2-3-11(13)17-12/h2-6H,7,14H2,1H3,(H,16,17). The van der Waals surface area contributed by atoms with Crippen molar-refractivity contribution in [3.8, 4) is 0 Å². The van der Waals surface area contributed by atoms with E-state index in [1.807, 2.05) is 19.2 Å². The summed E-state index contributed by atoms with van der Waals surface area (Å²) < 4.78 is 0. The Morgan fingerprint density at radius 1 is 1.35 bits per heavy atom. The molecule has 17 heavy (non-hydrogen) atoms. The molecule has 2 heterocycles. The Bertz CT molecular complexity index is 528. The van der Waals surface area contributed by atoms with E-state index in [9.17, 15) is 0 Å². The van der Waals surface area contributed by atoms with Gasteiger partial charge in [-0.1, -0.05) is 11.6 Å². The third kappa shape index (κ3) is 2.85. The highest BCUT2D eigenvalue weighted by Crippen LogP contribution is 2.19. The number of nitrogens with two attached hydrogens (primary N) is 1. The van der Waals surface area contributed by atoms with Gasteiger partial charge in [0.2, 0.25) is 0 Å². The quantitative estimate of drug-likeness (QED) is 0.820. The highest BCUT2D eigenvalue weighted by atomic mass is 35.5. The molecule has 2 aromatic heterocycles. The van der Waals surface area contributed by atoms with Crippen LogP contribution in [0.3, 0.4) is 0 Å². The predicted molar refractivity (Wildman–Crippen MR) is 70.0 cm³/mol. The van der Waals surface area contributed by atoms with Crippen LogP contribution in [0.25, 0.3) is 0 Å². The number of nitrogen functional groups attached to an aromatic ring is 1. The van der Waals surface area contributed by atoms with E-state index < -0.39 is 0 Å². The lowest BCUT2D eigenvalue weighted by Gasteiger charge is -2.09. The lowest BCUT2D eigenvalue weighted by Crippen LogP contribution is -2.06. The second-order valence-corrected chi connectivity index (χ2v) is 4.11. The molecule has 3 N–H and O–H groups in total. The molecule has 0 aliphatic rings. The Morgan fingerprint density at radius 3 is 2.94 bits per heavy atom. The fourth-order valence-corrected chi connectivity index (χ4v) is 1.60. The van der Waals surface area contributed by atoms with Gasteiger partial charge in [-0.15, -0.1) is 0 Å². The topological polar surface area (TPSA) is 63.8 Å². The molecule has 0 spiro atoms. The van der Waals surface area contributed by atoms with Gasteiger partial charge in [-0.2, -0.15) is 0 Å². The number of halogens is 1. The Labute approximate surface area is 105 Å². The van der Waals surface area contributed by atoms with Crippen LogP contribution < -0.4 is 11.1 Å². The first-order valence-electron chi connectivity index (χ1n) is 5.22. The summed E-state index contributed by atoms with van der Waals surface area (Å²) in [6.07, 6.45) is 3.59. The van der Waals surface area contributed by atoms with Gasteiger partial charge in [-0.25, -0.2) is 4.98 Å². The van der Waals surface area contributed by atoms with Crippen molar-refractivity contribution in [2.24, 2.45) is 0 Å². The van der Waals surface area contributed by atoms with Crippen LogP contribution in [-0.4, -0.2) is 9.97 Å². The van der Waals surface area contributed by atoms with E-state index in [2.05, 4.69) is 15.3 Å². The Morgan fingerprint density at radius 2 is 2.18 bits per heavy atom. The van der Waals surface area contributed by atoms with Crippen molar-refractivity contribution < 1.29 is 0 Å². The summed E-state index contributed by atoms with van der Waals surface area (Å²) in [5.41, 5.74) is 8.65. The molecule has 88 valence electrons. The number of hydrogen-bond acceptors (Lipinski definition) is 4. The normalized spacial score (nSPS) is 10.2. The first-order valence-corrected chi connectivity index (χ1v) is 5.60. The Kier molecular flexibility index (Phi) is 3.44. The number of rotatable bonds is 3. The maximum absolute atomic E-state index is 5.81. The number of hydrogen-bond donors (Lipinski definition) is 2. The van der Waals surface area contributed by atoms with Gasteiger partial charge in [0.15, 0.2) is 5.82 Å². The molecule has 0 atom stereocenters. The number of nitrogens with one attached hydrogen (secondary N) is 1. The number of nitrogens with zero attached hydrogens (tertiary/aromatic N) is 2. The summed E-state index contributed by atoms with van der Waals surface area (Å²) in [5.74, 6) is 0.598. The van der Waals surface area contributed by atoms with Gasteiger partial charge in [-0.05, 0) is 36.2 Å². The lowest BCUT2D eigenvalue weighted by atomic mass is 10.1. The van der Waals surface area contributed by atoms with Crippen molar-refractivity contribution >= 4 is 23.1 Å². The van der Waals surface area contributed by atoms with Gasteiger partial charge < -0.3 is 11.1 Å². The molecular weight excluding hydrogens is 236 g/mol. The van der Waals surface area contributed by atoms with Crippen molar-refractivity contribution in [3.63, 3.8) is 0 Å². The zero-order valence-electron chi connectivity index (χ0n) is 9.44. The smallest absolute Gasteiger partial charge is 0.151 e. The van der Waals surface area contributed by atoms with Crippen LogP contribution in [0.5, 0.6) is 0 Å². The molecule has 0 aliphatic carbocycles. The predicted octanol–water partition coefficient (Wildman–Crippen LogP) is 2.63. The van der Waals surface area contributed by atoms with Crippen LogP contribution >= 0.6 is 11.6 Å². The van der Waals surface area contributed by atoms with E-state index in [0.29, 0.717) is 23.2 Å². The number of aromatic nitrogens is 2. The first kappa shape index (κ1) is 11.7. The fourth-order valence-electron chi connectivity index (χ4n) is 1.45. The van der Waals surface area contributed by atoms with Crippen molar-refractivity contribution in [1.82, 2.24) is 9.97 Å². The van der Waals surface area contributed by atoms with Crippen LogP contribution in [0, 0.1) is 6.92 Å². The summed E-state index contributed by atoms with van der Waals surface area (Å²) in [5, 5.41) is 3.57. The second-order valence-electron chi connectivity index (χ2n) is 3.73. The maximum atomic E-state index is 5.81. The summed E-state index contributed by atoms with van der Waals surface area (Å²) in [6, 6.07) is 5.36. The third-order valence-corrected chi connectivity index (χ3v) is 2.70. The molecular formula is C12H13ClN4. The molecule has 0 amide bonds. The highest BCUT2D eigenvalue weighted by molar-refractivity contribution is 6.29. The molecule has 0 radical (unpaired) electrons. The van der Waals surface area contributed by atoms with Crippen LogP contribution in [0.4, 0.5) is 11.5 Å². The van der Waals surface area contributed by atoms with Crippen molar-refractivity contribution in [1.29, 1.82) is 0 Å². The van der Waals surface area contributed by atoms with Crippen LogP contribution in [0.15, 0.2) is 30.6 Å². The van der Waals surface area contributed by atoms with Gasteiger partial charge >= 0.3 is 0 Å². The molecule has 0 aliphatic heterocycles. The minimum atomic E-state index is 0.421. The second kappa shape index (κ2) is 5.01. The number of anilines is 2. The lowest BCUT2D eigenvalue weighted by molar-refractivity contribution is 1.06. The largest absolute Gasteiger partial charge is 0.396 e. The molecule has 0 saturated heterocycles. The molecule has 0 fully saturated rings. The maximum Gasteiger partial charge on any atom is 0.151 e. The van der Waals surface area contributed by atoms with Crippen LogP contribution in [0.2, 0.25) is 5.15 Å². The molecule has 5 heteroatoms. The van der Waals surface area contributed by atoms with E-state index in [1.54, 1.807) is 18.3 Å². The summed E-state index contributed by atoms with van der Waals surface area (Å²) in [7, 11) is 0. The van der Waals surface area contributed by atoms with Crippen LogP contribution in [0.1, 0.15) is 11.1 Å². The number of pyridine rings is 2. The van der Waals surface area contributed by atoms with E-state index in [1.165, 1.54) is 5.56 Å². The SMILES string of the molecule is Cc1ccncc1CNc1nc(Cl)ccc1N. The molecule has 0 saturated carbocycles. The van der Waals surface area contributed by atoms with Crippen molar-refractivity contribution in [2.45, 2.75) is 13.5 Å². The molecule has 4 nitrogen and oxygen atoms in total. The van der Waals surface area contributed by atoms with Gasteiger partial charge in [0.05, 0.1) is 5.69 Å². The van der Waals surface area contributed by atoms with Gasteiger partial charge in [0.1, 0.15) is 5.15 Å². The summed E-state index contributed by atoms with van der Waals surface area (Å²) >= 11 is 5.81. The van der Waals surface area contributed by atoms with Crippen molar-refractivity contribution in [3.05, 3.63) is 46.9 Å². The first-order chi connectivity index (χ1) is 8.16. The van der Waals surface area contributed by atoms with E-state index in [0.717, 1.165) is 5.56 Å². The minimum Gasteiger partial charge on any atom is -0.396 e. The Hall–Kier alpha value is -1.81. The molecule has 0 aromatic carbocycles. The fraction of sp³-hybridized carbons (Fsp3) is 0.167. The highest BCUT2D eigenvalue weighted by Gasteiger charge is 2.03. The van der Waals surface area contributed by atoms with E-state index >= 15 is 0 Å². The van der Waals surface area contributed by atoms with Gasteiger partial charge in [-0.3, -0.25) is 4.98 Å². The molecule has 0 unspecified atom stereocenters. The minimum absolute atomic E-state index is 0.421. The van der Waals surface area contributed by atoms with Crippen molar-refractivity contribution in [2.75, 3.05) is 11.1 Å². The van der Waals surface area contributed by atoms with E-state index in [4.69, 9.17) is 17.3 Å². The molecule has 2 rings (SSSR count). The third-order valence-electron chi connectivity index (χ3n) is 2.49.